The lowest BCUT2D eigenvalue weighted by Crippen LogP contribution is -2.47. The molecule has 0 fully saturated rings. The van der Waals surface area contributed by atoms with Gasteiger partial charge in [0.2, 0.25) is 0 Å². The summed E-state index contributed by atoms with van der Waals surface area (Å²) in [7, 11) is 1.61. The zero-order valence-electron chi connectivity index (χ0n) is 24.1. The molecule has 5 rings (SSSR count). The summed E-state index contributed by atoms with van der Waals surface area (Å²) in [5, 5.41) is 0. The average Bonchev–Trinajstić information content (AvgIpc) is 3.02. The number of hydrogen-bond acceptors (Lipinski definition) is 3. The Hall–Kier alpha value is -4.38. The van der Waals surface area contributed by atoms with Crippen molar-refractivity contribution in [2.45, 2.75) is 58.0 Å². The Bertz CT molecular complexity index is 1470. The first-order valence-corrected chi connectivity index (χ1v) is 14.6. The fraction of sp³-hybridized carbons (Fsp3) is 0.278. The van der Waals surface area contributed by atoms with Gasteiger partial charge in [-0.3, -0.25) is 9.59 Å². The van der Waals surface area contributed by atoms with Crippen LogP contribution in [0.1, 0.15) is 77.4 Å². The Morgan fingerprint density at radius 2 is 1.49 bits per heavy atom. The third-order valence-corrected chi connectivity index (χ3v) is 7.95. The summed E-state index contributed by atoms with van der Waals surface area (Å²) in [4.78, 5) is 31.8. The first kappa shape index (κ1) is 28.2. The Kier molecular flexibility index (Phi) is 8.83. The van der Waals surface area contributed by atoms with E-state index in [1.165, 1.54) is 18.4 Å². The van der Waals surface area contributed by atoms with Crippen molar-refractivity contribution in [2.75, 3.05) is 16.9 Å². The van der Waals surface area contributed by atoms with Crippen molar-refractivity contribution in [1.29, 1.82) is 0 Å². The molecule has 41 heavy (non-hydrogen) atoms. The predicted molar refractivity (Wildman–Crippen MR) is 166 cm³/mol. The van der Waals surface area contributed by atoms with Crippen molar-refractivity contribution in [1.82, 2.24) is 0 Å². The molecule has 0 N–H and O–H groups in total. The van der Waals surface area contributed by atoms with E-state index >= 15 is 0 Å². The van der Waals surface area contributed by atoms with Gasteiger partial charge in [0.15, 0.2) is 0 Å². The number of carbonyl (C=O) groups excluding carboxylic acids is 2. The summed E-state index contributed by atoms with van der Waals surface area (Å²) >= 11 is 0. The third-order valence-electron chi connectivity index (χ3n) is 7.95. The molecule has 0 aliphatic carbocycles. The molecular formula is C36H38N2O3. The number of nitrogens with zero attached hydrogens (tertiary/aromatic N) is 2. The minimum atomic E-state index is -0.247. The number of amides is 2. The van der Waals surface area contributed by atoms with Crippen molar-refractivity contribution < 1.29 is 14.3 Å². The van der Waals surface area contributed by atoms with E-state index in [1.54, 1.807) is 19.2 Å². The molecule has 0 saturated carbocycles. The van der Waals surface area contributed by atoms with E-state index in [0.29, 0.717) is 23.3 Å². The topological polar surface area (TPSA) is 49.9 Å². The fourth-order valence-electron chi connectivity index (χ4n) is 5.77. The number of benzene rings is 4. The normalized spacial score (nSPS) is 16.1. The number of rotatable bonds is 9. The number of ether oxygens (including phenoxy) is 1. The smallest absolute Gasteiger partial charge is 0.258 e. The maximum atomic E-state index is 14.1. The first-order valence-electron chi connectivity index (χ1n) is 14.6. The molecule has 1 aliphatic rings. The number of anilines is 2. The number of aryl methyl sites for hydroxylation is 1. The highest BCUT2D eigenvalue weighted by Gasteiger charge is 2.39. The van der Waals surface area contributed by atoms with Gasteiger partial charge in [0.05, 0.1) is 13.2 Å². The van der Waals surface area contributed by atoms with Crippen molar-refractivity contribution in [2.24, 2.45) is 0 Å². The summed E-state index contributed by atoms with van der Waals surface area (Å²) in [6.45, 7) is 4.28. The zero-order chi connectivity index (χ0) is 28.8. The molecule has 0 radical (unpaired) electrons. The second kappa shape index (κ2) is 12.9. The van der Waals surface area contributed by atoms with Gasteiger partial charge in [0.25, 0.3) is 11.8 Å². The molecular weight excluding hydrogens is 508 g/mol. The highest BCUT2D eigenvalue weighted by atomic mass is 16.5. The zero-order valence-corrected chi connectivity index (χ0v) is 24.1. The second-order valence-electron chi connectivity index (χ2n) is 10.7. The summed E-state index contributed by atoms with van der Waals surface area (Å²) in [6.07, 6.45) is 5.20. The van der Waals surface area contributed by atoms with Crippen LogP contribution in [-0.2, 0) is 6.42 Å². The van der Waals surface area contributed by atoms with Gasteiger partial charge in [-0.05, 0) is 91.9 Å². The Morgan fingerprint density at radius 3 is 2.17 bits per heavy atom. The van der Waals surface area contributed by atoms with E-state index in [4.69, 9.17) is 4.74 Å². The van der Waals surface area contributed by atoms with Crippen LogP contribution >= 0.6 is 0 Å². The van der Waals surface area contributed by atoms with Gasteiger partial charge in [0.1, 0.15) is 5.75 Å². The molecule has 0 aromatic heterocycles. The molecule has 2 atom stereocenters. The highest BCUT2D eigenvalue weighted by Crippen LogP contribution is 2.43. The van der Waals surface area contributed by atoms with Gasteiger partial charge < -0.3 is 14.5 Å². The van der Waals surface area contributed by atoms with Crippen LogP contribution in [0.3, 0.4) is 0 Å². The quantitative estimate of drug-likeness (QED) is 0.199. The van der Waals surface area contributed by atoms with Gasteiger partial charge in [-0.1, -0.05) is 68.3 Å². The van der Waals surface area contributed by atoms with E-state index in [1.807, 2.05) is 88.7 Å². The monoisotopic (exact) mass is 546 g/mol. The van der Waals surface area contributed by atoms with Crippen LogP contribution in [0.4, 0.5) is 11.4 Å². The molecule has 5 nitrogen and oxygen atoms in total. The van der Waals surface area contributed by atoms with Crippen LogP contribution in [0.15, 0.2) is 103 Å². The largest absolute Gasteiger partial charge is 0.497 e. The van der Waals surface area contributed by atoms with Gasteiger partial charge >= 0.3 is 0 Å². The molecule has 0 saturated heterocycles. The predicted octanol–water partition coefficient (Wildman–Crippen LogP) is 8.26. The van der Waals surface area contributed by atoms with E-state index in [0.717, 1.165) is 29.8 Å². The van der Waals surface area contributed by atoms with Crippen molar-refractivity contribution in [3.05, 3.63) is 125 Å². The van der Waals surface area contributed by atoms with Crippen LogP contribution in [-0.4, -0.2) is 25.0 Å². The molecule has 0 spiro atoms. The minimum absolute atomic E-state index is 0.0174. The van der Waals surface area contributed by atoms with Crippen LogP contribution < -0.4 is 14.5 Å². The van der Waals surface area contributed by atoms with Gasteiger partial charge in [-0.15, -0.1) is 0 Å². The average molecular weight is 547 g/mol. The number of fused-ring (bicyclic) bond motifs is 1. The number of methoxy groups -OCH3 is 1. The summed E-state index contributed by atoms with van der Waals surface area (Å²) in [5.74, 6) is 0.591. The molecule has 0 unspecified atom stereocenters. The van der Waals surface area contributed by atoms with E-state index in [2.05, 4.69) is 26.0 Å². The molecule has 210 valence electrons. The number of para-hydroxylation sites is 2. The summed E-state index contributed by atoms with van der Waals surface area (Å²) in [5.41, 5.74) is 5.14. The highest BCUT2D eigenvalue weighted by molar-refractivity contribution is 6.09. The Balaban J connectivity index is 1.49. The SMILES string of the molecule is CCCCCc1ccc(C(=O)N2c3ccccc3[C@H](N(C(=O)c3ccc(OC)cc3)c3ccccc3)C[C@@H]2C)cc1. The molecule has 4 aromatic carbocycles. The van der Waals surface area contributed by atoms with Crippen LogP contribution in [0.5, 0.6) is 5.75 Å². The number of unbranched alkanes of at least 4 members (excludes halogenated alkanes) is 2. The van der Waals surface area contributed by atoms with Gasteiger partial charge in [-0.2, -0.15) is 0 Å². The van der Waals surface area contributed by atoms with E-state index < -0.39 is 0 Å². The van der Waals surface area contributed by atoms with Gasteiger partial charge in [-0.25, -0.2) is 0 Å². The maximum absolute atomic E-state index is 14.1. The number of hydrogen-bond donors (Lipinski definition) is 0. The van der Waals surface area contributed by atoms with Crippen molar-refractivity contribution in [3.63, 3.8) is 0 Å². The second-order valence-corrected chi connectivity index (χ2v) is 10.7. The molecule has 2 amide bonds. The van der Waals surface area contributed by atoms with E-state index in [-0.39, 0.29) is 23.9 Å². The van der Waals surface area contributed by atoms with Gasteiger partial charge in [0, 0.05) is 28.5 Å². The first-order chi connectivity index (χ1) is 20.0. The lowest BCUT2D eigenvalue weighted by Gasteiger charge is -2.43. The summed E-state index contributed by atoms with van der Waals surface area (Å²) < 4.78 is 5.31. The van der Waals surface area contributed by atoms with E-state index in [9.17, 15) is 9.59 Å². The summed E-state index contributed by atoms with van der Waals surface area (Å²) in [6, 6.07) is 32.7. The van der Waals surface area contributed by atoms with Crippen LogP contribution in [0.25, 0.3) is 0 Å². The lowest BCUT2D eigenvalue weighted by atomic mass is 9.89. The van der Waals surface area contributed by atoms with Crippen LogP contribution in [0.2, 0.25) is 0 Å². The van der Waals surface area contributed by atoms with Crippen LogP contribution in [0, 0.1) is 0 Å². The molecule has 5 heteroatoms. The lowest BCUT2D eigenvalue weighted by molar-refractivity contribution is 0.0965. The maximum Gasteiger partial charge on any atom is 0.258 e. The Morgan fingerprint density at radius 1 is 0.829 bits per heavy atom. The molecule has 4 aromatic rings. The Labute approximate surface area is 243 Å². The molecule has 1 heterocycles. The minimum Gasteiger partial charge on any atom is -0.497 e. The molecule has 0 bridgehead atoms. The third kappa shape index (κ3) is 6.04. The fourth-order valence-corrected chi connectivity index (χ4v) is 5.77. The molecule has 1 aliphatic heterocycles. The van der Waals surface area contributed by atoms with Crippen molar-refractivity contribution >= 4 is 23.2 Å². The standard InChI is InChI=1S/C36H38N2O3/c1-4-5-7-12-27-17-19-28(20-18-27)35(39)37-26(2)25-34(32-15-10-11-16-33(32)37)38(30-13-8-6-9-14-30)36(40)29-21-23-31(41-3)24-22-29/h6,8-11,13-24,26,34H,4-5,7,12,25H2,1-3H3/t26-,34+/m0/s1. The van der Waals surface area contributed by atoms with Crippen molar-refractivity contribution in [3.8, 4) is 5.75 Å². The number of carbonyl (C=O) groups is 2.